The molecule has 0 aromatic heterocycles. The Bertz CT molecular complexity index is 569. The molecule has 5 nitrogen and oxygen atoms in total. The zero-order chi connectivity index (χ0) is 17.0. The van der Waals surface area contributed by atoms with Crippen LogP contribution >= 0.6 is 0 Å². The van der Waals surface area contributed by atoms with Crippen LogP contribution in [0.15, 0.2) is 24.3 Å². The van der Waals surface area contributed by atoms with Crippen LogP contribution in [-0.2, 0) is 9.53 Å². The lowest BCUT2D eigenvalue weighted by Crippen LogP contribution is -2.49. The number of nitrogens with one attached hydrogen (secondary N) is 1. The first-order valence-corrected chi connectivity index (χ1v) is 8.66. The summed E-state index contributed by atoms with van der Waals surface area (Å²) in [6, 6.07) is 6.36. The summed E-state index contributed by atoms with van der Waals surface area (Å²) < 4.78 is 19.0. The first-order chi connectivity index (χ1) is 11.6. The maximum atomic E-state index is 13.6. The highest BCUT2D eigenvalue weighted by atomic mass is 19.1. The molecule has 1 saturated carbocycles. The molecule has 0 radical (unpaired) electrons. The molecular formula is C18H25FN2O3. The fourth-order valence-electron chi connectivity index (χ4n) is 3.60. The first kappa shape index (κ1) is 17.3. The molecule has 1 amide bonds. The van der Waals surface area contributed by atoms with Crippen molar-refractivity contribution in [3.63, 3.8) is 0 Å². The third-order valence-electron chi connectivity index (χ3n) is 5.03. The number of aliphatic hydroxyl groups is 1. The highest BCUT2D eigenvalue weighted by Gasteiger charge is 2.39. The molecule has 132 valence electrons. The maximum absolute atomic E-state index is 13.6. The maximum Gasteiger partial charge on any atom is 0.252 e. The first-order valence-electron chi connectivity index (χ1n) is 8.66. The summed E-state index contributed by atoms with van der Waals surface area (Å²) in [5.41, 5.74) is -0.409. The predicted molar refractivity (Wildman–Crippen MR) is 88.0 cm³/mol. The average Bonchev–Trinajstić information content (AvgIpc) is 3.04. The van der Waals surface area contributed by atoms with Gasteiger partial charge in [-0.3, -0.25) is 9.69 Å². The van der Waals surface area contributed by atoms with Crippen molar-refractivity contribution in [1.82, 2.24) is 10.2 Å². The normalized spacial score (nSPS) is 22.2. The number of carbonyl (C=O) groups excluding carboxylic acids is 1. The Morgan fingerprint density at radius 3 is 2.71 bits per heavy atom. The molecular weight excluding hydrogens is 311 g/mol. The lowest BCUT2D eigenvalue weighted by Gasteiger charge is -2.35. The Kier molecular flexibility index (Phi) is 5.48. The molecule has 2 fully saturated rings. The van der Waals surface area contributed by atoms with E-state index in [1.54, 1.807) is 6.07 Å². The van der Waals surface area contributed by atoms with Gasteiger partial charge in [-0.05, 0) is 43.4 Å². The molecule has 1 aliphatic carbocycles. The second-order valence-electron chi connectivity index (χ2n) is 6.67. The minimum absolute atomic E-state index is 0.126. The molecule has 0 bridgehead atoms. The van der Waals surface area contributed by atoms with Gasteiger partial charge in [-0.15, -0.1) is 0 Å². The summed E-state index contributed by atoms with van der Waals surface area (Å²) in [6.45, 7) is 3.08. The Balaban J connectivity index is 1.71. The van der Waals surface area contributed by atoms with Crippen molar-refractivity contribution in [1.29, 1.82) is 0 Å². The van der Waals surface area contributed by atoms with Crippen molar-refractivity contribution in [2.45, 2.75) is 37.3 Å². The molecule has 2 aliphatic rings. The van der Waals surface area contributed by atoms with Gasteiger partial charge in [0.2, 0.25) is 0 Å². The number of benzene rings is 1. The van der Waals surface area contributed by atoms with Gasteiger partial charge in [0.05, 0.1) is 19.3 Å². The number of morpholine rings is 1. The highest BCUT2D eigenvalue weighted by molar-refractivity contribution is 5.85. The third kappa shape index (κ3) is 3.94. The van der Waals surface area contributed by atoms with Crippen LogP contribution in [0, 0.1) is 5.82 Å². The molecule has 1 atom stereocenters. The van der Waals surface area contributed by atoms with Gasteiger partial charge in [-0.1, -0.05) is 12.1 Å². The number of halogens is 1. The van der Waals surface area contributed by atoms with E-state index in [-0.39, 0.29) is 17.8 Å². The van der Waals surface area contributed by atoms with Crippen LogP contribution in [0.25, 0.3) is 0 Å². The Morgan fingerprint density at radius 2 is 2.04 bits per heavy atom. The van der Waals surface area contributed by atoms with Crippen molar-refractivity contribution >= 4 is 5.91 Å². The largest absolute Gasteiger partial charge is 0.380 e. The van der Waals surface area contributed by atoms with Crippen LogP contribution in [0.2, 0.25) is 0 Å². The summed E-state index contributed by atoms with van der Waals surface area (Å²) in [6.07, 6.45) is 2.78. The summed E-state index contributed by atoms with van der Waals surface area (Å²) in [5, 5.41) is 13.3. The number of ether oxygens (including phenoxy) is 1. The third-order valence-corrected chi connectivity index (χ3v) is 5.03. The lowest BCUT2D eigenvalue weighted by atomic mass is 10.00. The second-order valence-corrected chi connectivity index (χ2v) is 6.67. The van der Waals surface area contributed by atoms with E-state index in [0.29, 0.717) is 32.6 Å². The Labute approximate surface area is 141 Å². The molecule has 1 aromatic carbocycles. The smallest absolute Gasteiger partial charge is 0.252 e. The van der Waals surface area contributed by atoms with Crippen LogP contribution in [0.4, 0.5) is 4.39 Å². The Morgan fingerprint density at radius 1 is 1.33 bits per heavy atom. The minimum Gasteiger partial charge on any atom is -0.380 e. The Hall–Kier alpha value is -1.50. The van der Waals surface area contributed by atoms with Crippen molar-refractivity contribution in [2.75, 3.05) is 32.8 Å². The van der Waals surface area contributed by atoms with Gasteiger partial charge in [0.25, 0.3) is 5.91 Å². The topological polar surface area (TPSA) is 61.8 Å². The van der Waals surface area contributed by atoms with Crippen molar-refractivity contribution in [3.8, 4) is 0 Å². The van der Waals surface area contributed by atoms with Gasteiger partial charge in [0.15, 0.2) is 0 Å². The van der Waals surface area contributed by atoms with Crippen molar-refractivity contribution in [3.05, 3.63) is 35.6 Å². The summed E-state index contributed by atoms with van der Waals surface area (Å²) in [4.78, 5) is 14.6. The fourth-order valence-corrected chi connectivity index (χ4v) is 3.60. The molecule has 3 rings (SSSR count). The van der Waals surface area contributed by atoms with Gasteiger partial charge in [-0.2, -0.15) is 0 Å². The van der Waals surface area contributed by atoms with Gasteiger partial charge >= 0.3 is 0 Å². The number of carbonyl (C=O) groups is 1. The molecule has 1 unspecified atom stereocenters. The number of amides is 1. The molecule has 0 spiro atoms. The van der Waals surface area contributed by atoms with Crippen LogP contribution < -0.4 is 5.32 Å². The lowest BCUT2D eigenvalue weighted by molar-refractivity contribution is -0.139. The van der Waals surface area contributed by atoms with E-state index in [4.69, 9.17) is 4.74 Å². The van der Waals surface area contributed by atoms with E-state index in [9.17, 15) is 14.3 Å². The molecule has 1 saturated heterocycles. The quantitative estimate of drug-likeness (QED) is 0.858. The molecule has 24 heavy (non-hydrogen) atoms. The number of rotatable bonds is 5. The molecule has 2 N–H and O–H groups in total. The second kappa shape index (κ2) is 7.59. The number of hydrogen-bond acceptors (Lipinski definition) is 4. The predicted octanol–water partition coefficient (Wildman–Crippen LogP) is 1.62. The van der Waals surface area contributed by atoms with Crippen LogP contribution in [0.3, 0.4) is 0 Å². The monoisotopic (exact) mass is 336 g/mol. The van der Waals surface area contributed by atoms with E-state index in [1.165, 1.54) is 12.1 Å². The standard InChI is InChI=1S/C18H25FN2O3/c19-15-5-3-4-14(12-15)16(21-8-10-24-11-9-21)13-20-17(22)18(23)6-1-2-7-18/h3-5,12,16,23H,1-2,6-11,13H2,(H,20,22). The van der Waals surface area contributed by atoms with E-state index in [0.717, 1.165) is 31.5 Å². The summed E-state index contributed by atoms with van der Waals surface area (Å²) in [7, 11) is 0. The fraction of sp³-hybridized carbons (Fsp3) is 0.611. The van der Waals surface area contributed by atoms with Gasteiger partial charge in [-0.25, -0.2) is 4.39 Å². The highest BCUT2D eigenvalue weighted by Crippen LogP contribution is 2.30. The van der Waals surface area contributed by atoms with Crippen molar-refractivity contribution < 1.29 is 19.0 Å². The van der Waals surface area contributed by atoms with Gasteiger partial charge < -0.3 is 15.2 Å². The van der Waals surface area contributed by atoms with E-state index >= 15 is 0 Å². The minimum atomic E-state index is -1.24. The molecule has 6 heteroatoms. The zero-order valence-corrected chi connectivity index (χ0v) is 13.8. The SMILES string of the molecule is O=C(NCC(c1cccc(F)c1)N1CCOCC1)C1(O)CCCC1. The number of nitrogens with zero attached hydrogens (tertiary/aromatic N) is 1. The van der Waals surface area contributed by atoms with Crippen LogP contribution in [-0.4, -0.2) is 54.4 Å². The molecule has 1 aliphatic heterocycles. The van der Waals surface area contributed by atoms with Gasteiger partial charge in [0, 0.05) is 19.6 Å². The van der Waals surface area contributed by atoms with E-state index in [2.05, 4.69) is 10.2 Å². The average molecular weight is 336 g/mol. The molecule has 1 aromatic rings. The summed E-state index contributed by atoms with van der Waals surface area (Å²) in [5.74, 6) is -0.596. The zero-order valence-electron chi connectivity index (χ0n) is 13.8. The van der Waals surface area contributed by atoms with Crippen LogP contribution in [0.1, 0.15) is 37.3 Å². The summed E-state index contributed by atoms with van der Waals surface area (Å²) >= 11 is 0. The van der Waals surface area contributed by atoms with Gasteiger partial charge in [0.1, 0.15) is 11.4 Å². The van der Waals surface area contributed by atoms with Crippen molar-refractivity contribution in [2.24, 2.45) is 0 Å². The molecule has 1 heterocycles. The number of hydrogen-bond donors (Lipinski definition) is 2. The van der Waals surface area contributed by atoms with E-state index < -0.39 is 5.60 Å². The van der Waals surface area contributed by atoms with Crippen LogP contribution in [0.5, 0.6) is 0 Å². The van der Waals surface area contributed by atoms with E-state index in [1.807, 2.05) is 6.07 Å².